The second kappa shape index (κ2) is 6.14. The molecule has 1 aliphatic rings. The van der Waals surface area contributed by atoms with Crippen LogP contribution >= 0.6 is 11.3 Å². The van der Waals surface area contributed by atoms with E-state index in [0.717, 1.165) is 19.5 Å². The molecule has 0 amide bonds. The van der Waals surface area contributed by atoms with Gasteiger partial charge in [0.2, 0.25) is 0 Å². The lowest BCUT2D eigenvalue weighted by molar-refractivity contribution is -0.384. The molecule has 1 aromatic carbocycles. The lowest BCUT2D eigenvalue weighted by atomic mass is 10.1. The van der Waals surface area contributed by atoms with Gasteiger partial charge >= 0.3 is 0 Å². The summed E-state index contributed by atoms with van der Waals surface area (Å²) in [5.41, 5.74) is 2.09. The highest BCUT2D eigenvalue weighted by atomic mass is 32.1. The second-order valence-corrected chi connectivity index (χ2v) is 6.73. The van der Waals surface area contributed by atoms with Crippen LogP contribution in [0.2, 0.25) is 0 Å². The number of non-ortho nitro benzene ring substituents is 1. The van der Waals surface area contributed by atoms with Gasteiger partial charge in [-0.2, -0.15) is 0 Å². The van der Waals surface area contributed by atoms with Crippen molar-refractivity contribution in [2.24, 2.45) is 0 Å². The zero-order valence-corrected chi connectivity index (χ0v) is 13.6. The Morgan fingerprint density at radius 3 is 3.12 bits per heavy atom. The number of aromatic nitrogens is 3. The molecule has 0 atom stereocenters. The van der Waals surface area contributed by atoms with Crippen molar-refractivity contribution in [3.05, 3.63) is 62.6 Å². The lowest BCUT2D eigenvalue weighted by Crippen LogP contribution is -2.31. The van der Waals surface area contributed by atoms with Crippen molar-refractivity contribution in [3.63, 3.8) is 0 Å². The zero-order valence-electron chi connectivity index (χ0n) is 12.8. The molecule has 1 aliphatic heterocycles. The van der Waals surface area contributed by atoms with Gasteiger partial charge in [-0.15, -0.1) is 16.4 Å². The van der Waals surface area contributed by atoms with Gasteiger partial charge in [-0.05, 0) is 23.4 Å². The molecule has 0 aliphatic carbocycles. The summed E-state index contributed by atoms with van der Waals surface area (Å²) in [4.78, 5) is 18.6. The number of rotatable bonds is 4. The summed E-state index contributed by atoms with van der Waals surface area (Å²) in [6.45, 7) is 2.58. The van der Waals surface area contributed by atoms with Gasteiger partial charge in [0.15, 0.2) is 5.82 Å². The highest BCUT2D eigenvalue weighted by Crippen LogP contribution is 2.24. The minimum Gasteiger partial charge on any atom is -0.280 e. The van der Waals surface area contributed by atoms with Gasteiger partial charge in [0, 0.05) is 35.7 Å². The molecule has 0 saturated heterocycles. The first-order valence-corrected chi connectivity index (χ1v) is 8.49. The third-order valence-corrected chi connectivity index (χ3v) is 5.11. The molecule has 0 spiro atoms. The second-order valence-electron chi connectivity index (χ2n) is 5.73. The molecule has 0 bridgehead atoms. The van der Waals surface area contributed by atoms with E-state index in [1.54, 1.807) is 23.1 Å². The molecule has 0 saturated carbocycles. The summed E-state index contributed by atoms with van der Waals surface area (Å²) in [6.07, 6.45) is 2.75. The van der Waals surface area contributed by atoms with Crippen LogP contribution in [0.15, 0.2) is 42.0 Å². The lowest BCUT2D eigenvalue weighted by Gasteiger charge is -2.26. The average molecular weight is 341 g/mol. The first-order chi connectivity index (χ1) is 11.7. The van der Waals surface area contributed by atoms with Gasteiger partial charge < -0.3 is 0 Å². The van der Waals surface area contributed by atoms with E-state index < -0.39 is 4.92 Å². The Bertz CT molecular complexity index is 888. The molecule has 4 rings (SSSR count). The molecule has 3 aromatic rings. The third-order valence-electron chi connectivity index (χ3n) is 4.08. The van der Waals surface area contributed by atoms with Crippen molar-refractivity contribution < 1.29 is 4.92 Å². The Hall–Kier alpha value is -2.58. The third kappa shape index (κ3) is 2.93. The standard InChI is InChI=1S/C16H15N5O2S/c22-21(23)14-3-1-2-12(8-14)16-17-10-20(18-16)11-19-6-4-15-13(9-19)5-7-24-15/h1-3,5,7-8,10H,4,6,9,11H2. The van der Waals surface area contributed by atoms with E-state index in [-0.39, 0.29) is 5.69 Å². The normalized spacial score (nSPS) is 14.5. The van der Waals surface area contributed by atoms with E-state index in [1.807, 2.05) is 11.3 Å². The summed E-state index contributed by atoms with van der Waals surface area (Å²) in [5.74, 6) is 0.506. The van der Waals surface area contributed by atoms with Crippen LogP contribution in [0.3, 0.4) is 0 Å². The maximum atomic E-state index is 10.9. The van der Waals surface area contributed by atoms with E-state index in [0.29, 0.717) is 18.1 Å². The molecule has 3 heterocycles. The van der Waals surface area contributed by atoms with Crippen LogP contribution in [0.4, 0.5) is 5.69 Å². The fourth-order valence-electron chi connectivity index (χ4n) is 2.89. The van der Waals surface area contributed by atoms with Gasteiger partial charge in [0.1, 0.15) is 6.33 Å². The first-order valence-electron chi connectivity index (χ1n) is 7.61. The molecule has 122 valence electrons. The number of thiophene rings is 1. The van der Waals surface area contributed by atoms with Gasteiger partial charge in [0.25, 0.3) is 5.69 Å². The van der Waals surface area contributed by atoms with E-state index >= 15 is 0 Å². The van der Waals surface area contributed by atoms with E-state index in [2.05, 4.69) is 26.4 Å². The van der Waals surface area contributed by atoms with Crippen molar-refractivity contribution in [1.29, 1.82) is 0 Å². The summed E-state index contributed by atoms with van der Waals surface area (Å²) in [5, 5.41) is 17.5. The van der Waals surface area contributed by atoms with Crippen molar-refractivity contribution in [2.75, 3.05) is 6.54 Å². The molecule has 7 nitrogen and oxygen atoms in total. The molecule has 0 radical (unpaired) electrons. The van der Waals surface area contributed by atoms with Gasteiger partial charge in [-0.3, -0.25) is 15.0 Å². The predicted molar refractivity (Wildman–Crippen MR) is 90.5 cm³/mol. The molecule has 8 heteroatoms. The minimum absolute atomic E-state index is 0.0462. The fourth-order valence-corrected chi connectivity index (χ4v) is 3.78. The van der Waals surface area contributed by atoms with Crippen molar-refractivity contribution in [3.8, 4) is 11.4 Å². The largest absolute Gasteiger partial charge is 0.280 e. The van der Waals surface area contributed by atoms with E-state index in [1.165, 1.54) is 22.6 Å². The molecule has 0 fully saturated rings. The molecular weight excluding hydrogens is 326 g/mol. The van der Waals surface area contributed by atoms with Gasteiger partial charge in [0.05, 0.1) is 11.6 Å². The van der Waals surface area contributed by atoms with E-state index in [9.17, 15) is 10.1 Å². The predicted octanol–water partition coefficient (Wildman–Crippen LogP) is 2.93. The monoisotopic (exact) mass is 341 g/mol. The smallest absolute Gasteiger partial charge is 0.270 e. The summed E-state index contributed by atoms with van der Waals surface area (Å²) < 4.78 is 1.78. The summed E-state index contributed by atoms with van der Waals surface area (Å²) in [6, 6.07) is 8.58. The summed E-state index contributed by atoms with van der Waals surface area (Å²) >= 11 is 1.82. The Labute approximate surface area is 142 Å². The van der Waals surface area contributed by atoms with Crippen molar-refractivity contribution in [1.82, 2.24) is 19.7 Å². The molecule has 0 unspecified atom stereocenters. The number of nitro groups is 1. The Morgan fingerprint density at radius 2 is 2.25 bits per heavy atom. The molecular formula is C16H15N5O2S. The topological polar surface area (TPSA) is 77.1 Å². The van der Waals surface area contributed by atoms with Crippen LogP contribution in [0.1, 0.15) is 10.4 Å². The quantitative estimate of drug-likeness (QED) is 0.538. The maximum absolute atomic E-state index is 10.9. The van der Waals surface area contributed by atoms with Crippen molar-refractivity contribution >= 4 is 17.0 Å². The zero-order chi connectivity index (χ0) is 16.5. The molecule has 24 heavy (non-hydrogen) atoms. The summed E-state index contributed by atoms with van der Waals surface area (Å²) in [7, 11) is 0. The first kappa shape index (κ1) is 15.0. The van der Waals surface area contributed by atoms with Crippen LogP contribution in [0.25, 0.3) is 11.4 Å². The van der Waals surface area contributed by atoms with Gasteiger partial charge in [-0.25, -0.2) is 9.67 Å². The number of benzene rings is 1. The number of fused-ring (bicyclic) bond motifs is 1. The number of nitrogens with zero attached hydrogens (tertiary/aromatic N) is 5. The van der Waals surface area contributed by atoms with Crippen LogP contribution in [0.5, 0.6) is 0 Å². The SMILES string of the molecule is O=[N+]([O-])c1cccc(-c2ncn(CN3CCc4sccc4C3)n2)c1. The van der Waals surface area contributed by atoms with Crippen molar-refractivity contribution in [2.45, 2.75) is 19.6 Å². The minimum atomic E-state index is -0.410. The Morgan fingerprint density at radius 1 is 1.33 bits per heavy atom. The maximum Gasteiger partial charge on any atom is 0.270 e. The molecule has 0 N–H and O–H groups in total. The van der Waals surface area contributed by atoms with Crippen LogP contribution in [0, 0.1) is 10.1 Å². The highest BCUT2D eigenvalue weighted by molar-refractivity contribution is 7.10. The Balaban J connectivity index is 1.49. The number of hydrogen-bond donors (Lipinski definition) is 0. The highest BCUT2D eigenvalue weighted by Gasteiger charge is 2.18. The number of hydrogen-bond acceptors (Lipinski definition) is 6. The van der Waals surface area contributed by atoms with Crippen LogP contribution in [-0.4, -0.2) is 31.1 Å². The van der Waals surface area contributed by atoms with Crippen LogP contribution < -0.4 is 0 Å². The Kier molecular flexibility index (Phi) is 3.83. The van der Waals surface area contributed by atoms with Crippen LogP contribution in [-0.2, 0) is 19.6 Å². The average Bonchev–Trinajstić information content (AvgIpc) is 3.24. The molecule has 2 aromatic heterocycles. The fraction of sp³-hybridized carbons (Fsp3) is 0.250. The van der Waals surface area contributed by atoms with E-state index in [4.69, 9.17) is 0 Å². The number of nitro benzene ring substituents is 1. The van der Waals surface area contributed by atoms with Gasteiger partial charge in [-0.1, -0.05) is 12.1 Å².